The molecule has 2 amide bonds. The van der Waals surface area contributed by atoms with Gasteiger partial charge in [-0.05, 0) is 30.9 Å². The summed E-state index contributed by atoms with van der Waals surface area (Å²) in [5, 5.41) is 20.8. The molecule has 8 nitrogen and oxygen atoms in total. The van der Waals surface area contributed by atoms with Crippen LogP contribution in [-0.4, -0.2) is 74.7 Å². The summed E-state index contributed by atoms with van der Waals surface area (Å²) in [4.78, 5) is 43.5. The minimum atomic E-state index is -1.34. The van der Waals surface area contributed by atoms with E-state index in [-0.39, 0.29) is 23.9 Å². The Hall–Kier alpha value is -1.94. The van der Waals surface area contributed by atoms with Crippen molar-refractivity contribution in [1.82, 2.24) is 4.90 Å². The molecule has 0 aliphatic carbocycles. The number of carboxylic acid groups (broad SMARTS) is 1. The molecule has 36 heavy (non-hydrogen) atoms. The molecule has 3 aliphatic rings. The molecular formula is C26H32BrClN2O6. The number of aryl methyl sites for hydroxylation is 1. The van der Waals surface area contributed by atoms with Crippen LogP contribution in [0.3, 0.4) is 0 Å². The second kappa shape index (κ2) is 10.1. The van der Waals surface area contributed by atoms with E-state index in [2.05, 4.69) is 22.5 Å². The summed E-state index contributed by atoms with van der Waals surface area (Å²) in [5.74, 6) is -4.29. The van der Waals surface area contributed by atoms with E-state index >= 15 is 0 Å². The number of benzene rings is 1. The SMILES string of the molecule is C=CCN(C(=O)[C@@H]1N([C@@H](CO)[C@@H](C)CC)C(=O)[C@H]2[C@H](C(=O)O)[C@H]3O[C@@]12CC3Br)c1c(C)cccc1Cl. The fourth-order valence-electron chi connectivity index (χ4n) is 6.33. The minimum absolute atomic E-state index is 0.124. The Labute approximate surface area is 224 Å². The van der Waals surface area contributed by atoms with Crippen LogP contribution in [0.1, 0.15) is 32.3 Å². The van der Waals surface area contributed by atoms with E-state index in [0.29, 0.717) is 23.6 Å². The van der Waals surface area contributed by atoms with Crippen molar-refractivity contribution in [2.24, 2.45) is 17.8 Å². The topological polar surface area (TPSA) is 107 Å². The number of amides is 2. The highest BCUT2D eigenvalue weighted by atomic mass is 79.9. The van der Waals surface area contributed by atoms with Gasteiger partial charge in [0.25, 0.3) is 5.91 Å². The Morgan fingerprint density at radius 3 is 2.69 bits per heavy atom. The summed E-state index contributed by atoms with van der Waals surface area (Å²) >= 11 is 10.1. The number of alkyl halides is 1. The summed E-state index contributed by atoms with van der Waals surface area (Å²) < 4.78 is 6.36. The third kappa shape index (κ3) is 3.90. The number of hydrogen-bond donors (Lipinski definition) is 2. The van der Waals surface area contributed by atoms with E-state index in [4.69, 9.17) is 16.3 Å². The number of carbonyl (C=O) groups excluding carboxylic acids is 2. The number of carboxylic acids is 1. The molecule has 8 atom stereocenters. The Balaban J connectivity index is 1.91. The first-order valence-electron chi connectivity index (χ1n) is 12.2. The average Bonchev–Trinajstić information content (AvgIpc) is 3.42. The van der Waals surface area contributed by atoms with Gasteiger partial charge in [-0.25, -0.2) is 0 Å². The van der Waals surface area contributed by atoms with Gasteiger partial charge in [0, 0.05) is 11.4 Å². The van der Waals surface area contributed by atoms with Crippen LogP contribution < -0.4 is 4.90 Å². The number of carbonyl (C=O) groups is 3. The number of anilines is 1. The quantitative estimate of drug-likeness (QED) is 0.341. The molecule has 3 fully saturated rings. The number of ether oxygens (including phenoxy) is 1. The van der Waals surface area contributed by atoms with Gasteiger partial charge in [-0.1, -0.05) is 66.0 Å². The highest BCUT2D eigenvalue weighted by molar-refractivity contribution is 9.09. The number of rotatable bonds is 9. The smallest absolute Gasteiger partial charge is 0.310 e. The monoisotopic (exact) mass is 582 g/mol. The maximum absolute atomic E-state index is 14.5. The van der Waals surface area contributed by atoms with E-state index in [1.54, 1.807) is 18.2 Å². The molecule has 3 heterocycles. The molecule has 2 bridgehead atoms. The fraction of sp³-hybridized carbons (Fsp3) is 0.577. The van der Waals surface area contributed by atoms with E-state index in [9.17, 15) is 24.6 Å². The lowest BCUT2D eigenvalue weighted by Gasteiger charge is -2.41. The van der Waals surface area contributed by atoms with Gasteiger partial charge in [0.2, 0.25) is 5.91 Å². The summed E-state index contributed by atoms with van der Waals surface area (Å²) in [6.07, 6.45) is 1.79. The van der Waals surface area contributed by atoms with Crippen molar-refractivity contribution < 1.29 is 29.3 Å². The second-order valence-electron chi connectivity index (χ2n) is 10.0. The maximum atomic E-state index is 14.5. The normalized spacial score (nSPS) is 32.3. The second-order valence-corrected chi connectivity index (χ2v) is 11.6. The van der Waals surface area contributed by atoms with Crippen molar-refractivity contribution in [3.8, 4) is 0 Å². The third-order valence-corrected chi connectivity index (χ3v) is 9.28. The van der Waals surface area contributed by atoms with Crippen LogP contribution in [0.2, 0.25) is 5.02 Å². The van der Waals surface area contributed by atoms with E-state index in [0.717, 1.165) is 5.56 Å². The summed E-state index contributed by atoms with van der Waals surface area (Å²) in [6, 6.07) is 3.50. The zero-order chi connectivity index (χ0) is 26.5. The molecule has 0 aromatic heterocycles. The van der Waals surface area contributed by atoms with Crippen LogP contribution in [0.5, 0.6) is 0 Å². The van der Waals surface area contributed by atoms with Crippen molar-refractivity contribution in [2.75, 3.05) is 18.1 Å². The van der Waals surface area contributed by atoms with Gasteiger partial charge in [0.1, 0.15) is 11.6 Å². The largest absolute Gasteiger partial charge is 0.481 e. The molecule has 196 valence electrons. The first-order valence-corrected chi connectivity index (χ1v) is 13.5. The van der Waals surface area contributed by atoms with Gasteiger partial charge in [0.05, 0.1) is 41.3 Å². The molecule has 2 N–H and O–H groups in total. The van der Waals surface area contributed by atoms with Crippen molar-refractivity contribution in [1.29, 1.82) is 0 Å². The zero-order valence-electron chi connectivity index (χ0n) is 20.6. The number of likely N-dealkylation sites (tertiary alicyclic amines) is 1. The standard InChI is InChI=1S/C26H32BrClN2O6/c1-5-10-29(20-14(4)8-7-9-16(20)28)24(33)22-26-11-15(27)21(36-26)18(25(34)35)19(26)23(32)30(22)17(12-31)13(3)6-2/h5,7-9,13,15,17-19,21-22,31H,1,6,10-12H2,2-4H3,(H,34,35)/t13-,15?,17-,18-,19+,21-,22-,26+/m0/s1. The number of para-hydroxylation sites is 1. The van der Waals surface area contributed by atoms with Crippen molar-refractivity contribution in [3.05, 3.63) is 41.4 Å². The Kier molecular flexibility index (Phi) is 7.59. The van der Waals surface area contributed by atoms with Gasteiger partial charge in [0.15, 0.2) is 0 Å². The molecule has 1 spiro atoms. The first kappa shape index (κ1) is 27.1. The number of aliphatic hydroxyl groups is 1. The van der Waals surface area contributed by atoms with Crippen molar-refractivity contribution in [2.45, 2.75) is 62.2 Å². The Morgan fingerprint density at radius 1 is 1.44 bits per heavy atom. The number of aliphatic hydroxyl groups excluding tert-OH is 1. The lowest BCUT2D eigenvalue weighted by molar-refractivity contribution is -0.151. The summed E-state index contributed by atoms with van der Waals surface area (Å²) in [5.41, 5.74) is -0.0780. The molecule has 4 rings (SSSR count). The Morgan fingerprint density at radius 2 is 2.14 bits per heavy atom. The molecule has 1 aromatic rings. The first-order chi connectivity index (χ1) is 17.0. The number of fused-ring (bicyclic) bond motifs is 1. The lowest BCUT2D eigenvalue weighted by Crippen LogP contribution is -2.60. The molecule has 1 aromatic carbocycles. The average molecular weight is 584 g/mol. The van der Waals surface area contributed by atoms with Crippen LogP contribution in [0.25, 0.3) is 0 Å². The summed E-state index contributed by atoms with van der Waals surface area (Å²) in [6.45, 7) is 9.25. The van der Waals surface area contributed by atoms with Crippen molar-refractivity contribution >= 4 is 51.0 Å². The number of nitrogens with zero attached hydrogens (tertiary/aromatic N) is 2. The zero-order valence-corrected chi connectivity index (χ0v) is 22.9. The van der Waals surface area contributed by atoms with Crippen LogP contribution in [0.4, 0.5) is 5.69 Å². The predicted molar refractivity (Wildman–Crippen MR) is 139 cm³/mol. The van der Waals surface area contributed by atoms with E-state index in [1.807, 2.05) is 26.8 Å². The number of hydrogen-bond acceptors (Lipinski definition) is 5. The fourth-order valence-corrected chi connectivity index (χ4v) is 7.60. The molecule has 1 unspecified atom stereocenters. The van der Waals surface area contributed by atoms with Crippen LogP contribution in [0, 0.1) is 24.7 Å². The molecular weight excluding hydrogens is 552 g/mol. The van der Waals surface area contributed by atoms with Crippen LogP contribution in [-0.2, 0) is 19.1 Å². The lowest BCUT2D eigenvalue weighted by atomic mass is 9.70. The Bertz CT molecular complexity index is 1060. The minimum Gasteiger partial charge on any atom is -0.481 e. The van der Waals surface area contributed by atoms with Crippen LogP contribution >= 0.6 is 27.5 Å². The highest BCUT2D eigenvalue weighted by Gasteiger charge is 2.77. The van der Waals surface area contributed by atoms with Gasteiger partial charge in [-0.2, -0.15) is 0 Å². The van der Waals surface area contributed by atoms with E-state index < -0.39 is 53.4 Å². The molecule has 0 radical (unpaired) electrons. The maximum Gasteiger partial charge on any atom is 0.310 e. The van der Waals surface area contributed by atoms with Gasteiger partial charge < -0.3 is 24.7 Å². The van der Waals surface area contributed by atoms with Crippen LogP contribution in [0.15, 0.2) is 30.9 Å². The molecule has 0 saturated carbocycles. The van der Waals surface area contributed by atoms with Gasteiger partial charge >= 0.3 is 5.97 Å². The van der Waals surface area contributed by atoms with E-state index in [1.165, 1.54) is 9.80 Å². The van der Waals surface area contributed by atoms with Gasteiger partial charge in [-0.15, -0.1) is 6.58 Å². The third-order valence-electron chi connectivity index (χ3n) is 8.13. The molecule has 3 saturated heterocycles. The number of aliphatic carboxylic acids is 1. The summed E-state index contributed by atoms with van der Waals surface area (Å²) in [7, 11) is 0. The molecule has 10 heteroatoms. The number of halogens is 2. The molecule has 3 aliphatic heterocycles. The predicted octanol–water partition coefficient (Wildman–Crippen LogP) is 3.41. The van der Waals surface area contributed by atoms with Gasteiger partial charge in [-0.3, -0.25) is 14.4 Å². The van der Waals surface area contributed by atoms with Crippen molar-refractivity contribution in [3.63, 3.8) is 0 Å². The highest BCUT2D eigenvalue weighted by Crippen LogP contribution is 2.61.